The van der Waals surface area contributed by atoms with Crippen molar-refractivity contribution >= 4 is 11.7 Å². The van der Waals surface area contributed by atoms with Gasteiger partial charge >= 0.3 is 0 Å². The molecule has 7 heteroatoms. The van der Waals surface area contributed by atoms with Gasteiger partial charge in [-0.3, -0.25) is 4.79 Å². The fourth-order valence-corrected chi connectivity index (χ4v) is 2.66. The molecule has 3 aromatic rings. The van der Waals surface area contributed by atoms with Gasteiger partial charge in [-0.05, 0) is 32.9 Å². The molecule has 0 fully saturated rings. The number of benzene rings is 1. The van der Waals surface area contributed by atoms with Crippen LogP contribution in [0.2, 0.25) is 0 Å². The Morgan fingerprint density at radius 1 is 1.15 bits per heavy atom. The number of amides is 1. The van der Waals surface area contributed by atoms with Crippen LogP contribution in [0.3, 0.4) is 0 Å². The molecule has 1 amide bonds. The van der Waals surface area contributed by atoms with Crippen molar-refractivity contribution in [3.63, 3.8) is 0 Å². The maximum Gasteiger partial charge on any atom is 0.251 e. The zero-order valence-electron chi connectivity index (χ0n) is 15.8. The molecule has 2 aromatic heterocycles. The molecule has 0 aliphatic carbocycles. The van der Waals surface area contributed by atoms with E-state index in [4.69, 9.17) is 0 Å². The van der Waals surface area contributed by atoms with Gasteiger partial charge in [0.15, 0.2) is 0 Å². The van der Waals surface area contributed by atoms with E-state index in [0.29, 0.717) is 18.2 Å². The predicted molar refractivity (Wildman–Crippen MR) is 105 cm³/mol. The van der Waals surface area contributed by atoms with Crippen LogP contribution in [0.15, 0.2) is 55.4 Å². The average molecular weight is 364 g/mol. The van der Waals surface area contributed by atoms with E-state index in [0.717, 1.165) is 17.1 Å². The second-order valence-corrected chi connectivity index (χ2v) is 6.73. The lowest BCUT2D eigenvalue weighted by atomic mass is 10.1. The van der Waals surface area contributed by atoms with Gasteiger partial charge in [0.05, 0.1) is 12.0 Å². The number of imidazole rings is 1. The van der Waals surface area contributed by atoms with Gasteiger partial charge in [0.2, 0.25) is 0 Å². The molecule has 1 aromatic carbocycles. The van der Waals surface area contributed by atoms with Crippen molar-refractivity contribution < 1.29 is 4.79 Å². The smallest absolute Gasteiger partial charge is 0.251 e. The summed E-state index contributed by atoms with van der Waals surface area (Å²) >= 11 is 0. The zero-order valence-corrected chi connectivity index (χ0v) is 15.8. The summed E-state index contributed by atoms with van der Waals surface area (Å²) in [6, 6.07) is 9.76. The van der Waals surface area contributed by atoms with Crippen molar-refractivity contribution in [1.82, 2.24) is 24.8 Å². The first kappa shape index (κ1) is 18.6. The second-order valence-electron chi connectivity index (χ2n) is 6.73. The van der Waals surface area contributed by atoms with Crippen molar-refractivity contribution in [2.45, 2.75) is 32.9 Å². The lowest BCUT2D eigenvalue weighted by Gasteiger charge is -2.14. The summed E-state index contributed by atoms with van der Waals surface area (Å²) in [6.45, 7) is 6.68. The fraction of sp³-hybridized carbons (Fsp3) is 0.300. The molecular weight excluding hydrogens is 340 g/mol. The van der Waals surface area contributed by atoms with Crippen LogP contribution in [-0.2, 0) is 0 Å². The van der Waals surface area contributed by atoms with Crippen LogP contribution in [-0.4, -0.2) is 38.0 Å². The highest BCUT2D eigenvalue weighted by atomic mass is 16.1. The van der Waals surface area contributed by atoms with Gasteiger partial charge < -0.3 is 15.2 Å². The van der Waals surface area contributed by atoms with E-state index in [1.165, 1.54) is 6.33 Å². The molecule has 1 atom stereocenters. The number of nitrogens with one attached hydrogen (secondary N) is 2. The van der Waals surface area contributed by atoms with E-state index in [1.807, 2.05) is 48.0 Å². The molecule has 7 nitrogen and oxygen atoms in total. The molecule has 1 unspecified atom stereocenters. The van der Waals surface area contributed by atoms with Gasteiger partial charge in [-0.25, -0.2) is 15.0 Å². The largest absolute Gasteiger partial charge is 0.368 e. The summed E-state index contributed by atoms with van der Waals surface area (Å²) in [5.41, 5.74) is 2.37. The van der Waals surface area contributed by atoms with E-state index in [9.17, 15) is 4.79 Å². The molecule has 0 saturated heterocycles. The van der Waals surface area contributed by atoms with Crippen molar-refractivity contribution in [3.05, 3.63) is 60.9 Å². The standard InChI is InChI=1S/C20H24N6O/c1-14(2)25-19-10-18(23-12-24-19)16-4-6-17(7-5-16)20(27)22-11-15(3)26-9-8-21-13-26/h4-10,12-15H,11H2,1-3H3,(H,22,27)(H,23,24,25). The second kappa shape index (κ2) is 8.44. The summed E-state index contributed by atoms with van der Waals surface area (Å²) in [4.78, 5) is 24.9. The first-order valence-corrected chi connectivity index (χ1v) is 8.97. The average Bonchev–Trinajstić information content (AvgIpc) is 3.20. The molecule has 0 aliphatic heterocycles. The number of carbonyl (C=O) groups is 1. The molecule has 0 saturated carbocycles. The van der Waals surface area contributed by atoms with Gasteiger partial charge in [0.1, 0.15) is 12.1 Å². The Kier molecular flexibility index (Phi) is 5.80. The molecule has 140 valence electrons. The van der Waals surface area contributed by atoms with Gasteiger partial charge in [-0.15, -0.1) is 0 Å². The maximum atomic E-state index is 12.4. The fourth-order valence-electron chi connectivity index (χ4n) is 2.66. The minimum Gasteiger partial charge on any atom is -0.368 e. The Bertz CT molecular complexity index is 874. The lowest BCUT2D eigenvalue weighted by molar-refractivity contribution is 0.0948. The normalized spacial score (nSPS) is 12.0. The van der Waals surface area contributed by atoms with Gasteiger partial charge in [-0.1, -0.05) is 12.1 Å². The third-order valence-electron chi connectivity index (χ3n) is 4.14. The summed E-state index contributed by atoms with van der Waals surface area (Å²) in [6.07, 6.45) is 6.90. The number of hydrogen-bond acceptors (Lipinski definition) is 5. The number of anilines is 1. The minimum absolute atomic E-state index is 0.0987. The van der Waals surface area contributed by atoms with Crippen LogP contribution in [0.25, 0.3) is 11.3 Å². The molecule has 27 heavy (non-hydrogen) atoms. The van der Waals surface area contributed by atoms with Crippen molar-refractivity contribution in [2.24, 2.45) is 0 Å². The van der Waals surface area contributed by atoms with Crippen molar-refractivity contribution in [2.75, 3.05) is 11.9 Å². The van der Waals surface area contributed by atoms with Crippen molar-refractivity contribution in [3.8, 4) is 11.3 Å². The van der Waals surface area contributed by atoms with E-state index in [1.54, 1.807) is 12.5 Å². The summed E-state index contributed by atoms with van der Waals surface area (Å²) in [7, 11) is 0. The number of hydrogen-bond donors (Lipinski definition) is 2. The van der Waals surface area contributed by atoms with Crippen LogP contribution in [0.5, 0.6) is 0 Å². The maximum absolute atomic E-state index is 12.4. The van der Waals surface area contributed by atoms with Crippen LogP contribution in [0, 0.1) is 0 Å². The molecule has 0 bridgehead atoms. The molecule has 2 heterocycles. The molecule has 2 N–H and O–H groups in total. The van der Waals surface area contributed by atoms with Crippen LogP contribution in [0.4, 0.5) is 5.82 Å². The summed E-state index contributed by atoms with van der Waals surface area (Å²) in [5, 5.41) is 6.22. The number of rotatable bonds is 7. The molecular formula is C20H24N6O. The Morgan fingerprint density at radius 2 is 1.93 bits per heavy atom. The van der Waals surface area contributed by atoms with Crippen LogP contribution >= 0.6 is 0 Å². The highest BCUT2D eigenvalue weighted by Crippen LogP contribution is 2.19. The monoisotopic (exact) mass is 364 g/mol. The van der Waals surface area contributed by atoms with Crippen molar-refractivity contribution in [1.29, 1.82) is 0 Å². The van der Waals surface area contributed by atoms with E-state index < -0.39 is 0 Å². The van der Waals surface area contributed by atoms with Gasteiger partial charge in [0, 0.05) is 48.2 Å². The van der Waals surface area contributed by atoms with E-state index >= 15 is 0 Å². The summed E-state index contributed by atoms with van der Waals surface area (Å²) in [5.74, 6) is 0.684. The Balaban J connectivity index is 1.63. The lowest BCUT2D eigenvalue weighted by Crippen LogP contribution is -2.29. The number of aromatic nitrogens is 4. The van der Waals surface area contributed by atoms with Crippen LogP contribution in [0.1, 0.15) is 37.2 Å². The third-order valence-corrected chi connectivity index (χ3v) is 4.14. The minimum atomic E-state index is -0.0987. The topological polar surface area (TPSA) is 84.7 Å². The Hall–Kier alpha value is -3.22. The first-order valence-electron chi connectivity index (χ1n) is 8.97. The highest BCUT2D eigenvalue weighted by Gasteiger charge is 2.10. The number of nitrogens with zero attached hydrogens (tertiary/aromatic N) is 4. The molecule has 3 rings (SSSR count). The quantitative estimate of drug-likeness (QED) is 0.673. The highest BCUT2D eigenvalue weighted by molar-refractivity contribution is 5.94. The van der Waals surface area contributed by atoms with Gasteiger partial charge in [0.25, 0.3) is 5.91 Å². The number of carbonyl (C=O) groups excluding carboxylic acids is 1. The zero-order chi connectivity index (χ0) is 19.2. The predicted octanol–water partition coefficient (Wildman–Crippen LogP) is 3.15. The Labute approximate surface area is 158 Å². The molecule has 0 aliphatic rings. The third kappa shape index (κ3) is 4.91. The SMILES string of the molecule is CC(C)Nc1cc(-c2ccc(C(=O)NCC(C)n3ccnc3)cc2)ncn1. The van der Waals surface area contributed by atoms with E-state index in [2.05, 4.69) is 39.4 Å². The van der Waals surface area contributed by atoms with E-state index in [-0.39, 0.29) is 11.9 Å². The summed E-state index contributed by atoms with van der Waals surface area (Å²) < 4.78 is 1.96. The van der Waals surface area contributed by atoms with Crippen LogP contribution < -0.4 is 10.6 Å². The Morgan fingerprint density at radius 3 is 2.59 bits per heavy atom. The van der Waals surface area contributed by atoms with Gasteiger partial charge in [-0.2, -0.15) is 0 Å². The molecule has 0 radical (unpaired) electrons. The molecule has 0 spiro atoms. The first-order chi connectivity index (χ1) is 13.0.